The monoisotopic (exact) mass is 353 g/mol. The van der Waals surface area contributed by atoms with Gasteiger partial charge in [-0.2, -0.15) is 0 Å². The summed E-state index contributed by atoms with van der Waals surface area (Å²) in [7, 11) is 1.71. The average Bonchev–Trinajstić information content (AvgIpc) is 2.95. The molecule has 0 aromatic rings. The molecule has 22 heavy (non-hydrogen) atoms. The first-order valence-corrected chi connectivity index (χ1v) is 7.98. The van der Waals surface area contributed by atoms with Crippen LogP contribution in [0.5, 0.6) is 0 Å². The van der Waals surface area contributed by atoms with Crippen molar-refractivity contribution in [3.8, 4) is 0 Å². The third-order valence-electron chi connectivity index (χ3n) is 5.31. The zero-order valence-corrected chi connectivity index (χ0v) is 15.0. The highest BCUT2D eigenvalue weighted by Crippen LogP contribution is 2.33. The average molecular weight is 354 g/mol. The molecule has 3 aliphatic heterocycles. The Labute approximate surface area is 145 Å². The lowest BCUT2D eigenvalue weighted by Crippen LogP contribution is -2.58. The van der Waals surface area contributed by atoms with E-state index in [-0.39, 0.29) is 30.2 Å². The van der Waals surface area contributed by atoms with Crippen molar-refractivity contribution >= 4 is 30.7 Å². The molecule has 1 amide bonds. The Bertz CT molecular complexity index is 359. The first kappa shape index (κ1) is 20.0. The highest BCUT2D eigenvalue weighted by Gasteiger charge is 2.44. The Morgan fingerprint density at radius 1 is 1.23 bits per heavy atom. The van der Waals surface area contributed by atoms with Crippen molar-refractivity contribution in [3.05, 3.63) is 0 Å². The molecule has 1 N–H and O–H groups in total. The van der Waals surface area contributed by atoms with E-state index >= 15 is 0 Å². The lowest BCUT2D eigenvalue weighted by Gasteiger charge is -2.44. The van der Waals surface area contributed by atoms with Crippen LogP contribution in [0.2, 0.25) is 0 Å². The fourth-order valence-electron chi connectivity index (χ4n) is 4.11. The molecule has 0 aromatic heterocycles. The van der Waals surface area contributed by atoms with Gasteiger partial charge in [-0.3, -0.25) is 9.69 Å². The van der Waals surface area contributed by atoms with Crippen LogP contribution in [-0.2, 0) is 9.53 Å². The van der Waals surface area contributed by atoms with Gasteiger partial charge in [-0.25, -0.2) is 0 Å². The van der Waals surface area contributed by atoms with Crippen molar-refractivity contribution in [3.63, 3.8) is 0 Å². The number of piperidine rings is 1. The van der Waals surface area contributed by atoms with E-state index in [9.17, 15) is 4.79 Å². The second kappa shape index (κ2) is 8.69. The van der Waals surface area contributed by atoms with Crippen LogP contribution in [0.4, 0.5) is 0 Å². The van der Waals surface area contributed by atoms with E-state index in [1.54, 1.807) is 7.11 Å². The number of ether oxygens (including phenoxy) is 1. The lowest BCUT2D eigenvalue weighted by molar-refractivity contribution is -0.150. The smallest absolute Gasteiger partial charge is 0.231 e. The molecule has 3 rings (SSSR count). The van der Waals surface area contributed by atoms with E-state index in [2.05, 4.69) is 15.1 Å². The summed E-state index contributed by atoms with van der Waals surface area (Å²) in [6, 6.07) is 0.606. The van der Waals surface area contributed by atoms with Gasteiger partial charge in [-0.05, 0) is 45.3 Å². The van der Waals surface area contributed by atoms with Crippen LogP contribution < -0.4 is 5.32 Å². The van der Waals surface area contributed by atoms with Gasteiger partial charge in [-0.1, -0.05) is 0 Å². The molecule has 3 aliphatic rings. The SMILES string of the molecule is COCC1(C(=O)N2CCN3CCCC3C2)CCNCC1.Cl.Cl. The summed E-state index contributed by atoms with van der Waals surface area (Å²) in [5.74, 6) is 0.340. The van der Waals surface area contributed by atoms with Gasteiger partial charge < -0.3 is 15.0 Å². The Balaban J connectivity index is 0.00000121. The van der Waals surface area contributed by atoms with Crippen molar-refractivity contribution in [2.45, 2.75) is 31.7 Å². The topological polar surface area (TPSA) is 44.8 Å². The second-order valence-electron chi connectivity index (χ2n) is 6.55. The van der Waals surface area contributed by atoms with Crippen LogP contribution in [0.3, 0.4) is 0 Å². The zero-order chi connectivity index (χ0) is 14.0. The molecule has 0 saturated carbocycles. The van der Waals surface area contributed by atoms with Crippen molar-refractivity contribution in [2.24, 2.45) is 5.41 Å². The van der Waals surface area contributed by atoms with Crippen LogP contribution in [0.25, 0.3) is 0 Å². The number of hydrogen-bond acceptors (Lipinski definition) is 4. The molecule has 5 nitrogen and oxygen atoms in total. The predicted molar refractivity (Wildman–Crippen MR) is 92.1 cm³/mol. The molecule has 0 aliphatic carbocycles. The molecule has 3 fully saturated rings. The fraction of sp³-hybridized carbons (Fsp3) is 0.933. The van der Waals surface area contributed by atoms with Gasteiger partial charge in [0.1, 0.15) is 0 Å². The van der Waals surface area contributed by atoms with Crippen LogP contribution in [0.15, 0.2) is 0 Å². The van der Waals surface area contributed by atoms with Crippen molar-refractivity contribution in [1.82, 2.24) is 15.1 Å². The number of carbonyl (C=O) groups is 1. The number of methoxy groups -OCH3 is 1. The van der Waals surface area contributed by atoms with Crippen LogP contribution >= 0.6 is 24.8 Å². The second-order valence-corrected chi connectivity index (χ2v) is 6.55. The number of carbonyl (C=O) groups excluding carboxylic acids is 1. The number of fused-ring (bicyclic) bond motifs is 1. The summed E-state index contributed by atoms with van der Waals surface area (Å²) in [4.78, 5) is 17.7. The highest BCUT2D eigenvalue weighted by molar-refractivity contribution is 5.85. The third-order valence-corrected chi connectivity index (χ3v) is 5.31. The summed E-state index contributed by atoms with van der Waals surface area (Å²) in [5.41, 5.74) is -0.277. The van der Waals surface area contributed by atoms with E-state index in [0.717, 1.165) is 45.6 Å². The van der Waals surface area contributed by atoms with E-state index < -0.39 is 0 Å². The molecule has 1 atom stereocenters. The number of hydrogen-bond donors (Lipinski definition) is 1. The van der Waals surface area contributed by atoms with E-state index in [1.807, 2.05) is 0 Å². The minimum absolute atomic E-state index is 0. The number of rotatable bonds is 3. The number of nitrogens with zero attached hydrogens (tertiary/aromatic N) is 2. The fourth-order valence-corrected chi connectivity index (χ4v) is 4.11. The number of halogens is 2. The normalized spacial score (nSPS) is 27.5. The molecule has 130 valence electrons. The highest BCUT2D eigenvalue weighted by atomic mass is 35.5. The molecule has 0 spiro atoms. The maximum Gasteiger partial charge on any atom is 0.231 e. The lowest BCUT2D eigenvalue weighted by atomic mass is 9.78. The molecule has 3 saturated heterocycles. The van der Waals surface area contributed by atoms with Gasteiger partial charge in [0.25, 0.3) is 0 Å². The van der Waals surface area contributed by atoms with Crippen LogP contribution in [0, 0.1) is 5.41 Å². The molecular formula is C15H29Cl2N3O2. The quantitative estimate of drug-likeness (QED) is 0.826. The van der Waals surface area contributed by atoms with Gasteiger partial charge in [0.05, 0.1) is 12.0 Å². The molecule has 0 aromatic carbocycles. The Hall–Kier alpha value is -0.0700. The summed E-state index contributed by atoms with van der Waals surface area (Å²) in [5, 5.41) is 3.36. The van der Waals surface area contributed by atoms with Gasteiger partial charge in [-0.15, -0.1) is 24.8 Å². The first-order chi connectivity index (χ1) is 9.75. The number of amides is 1. The Kier molecular flexibility index (Phi) is 7.89. The standard InChI is InChI=1S/C15H27N3O2.2ClH/c1-20-12-15(4-6-16-7-5-15)14(19)18-10-9-17-8-2-3-13(17)11-18;;/h13,16H,2-12H2,1H3;2*1H. The van der Waals surface area contributed by atoms with Crippen molar-refractivity contribution in [2.75, 3.05) is 53.0 Å². The molecule has 7 heteroatoms. The van der Waals surface area contributed by atoms with Gasteiger partial charge >= 0.3 is 0 Å². The predicted octanol–water partition coefficient (Wildman–Crippen LogP) is 1.15. The molecule has 1 unspecified atom stereocenters. The molecular weight excluding hydrogens is 325 g/mol. The number of nitrogens with one attached hydrogen (secondary N) is 1. The first-order valence-electron chi connectivity index (χ1n) is 7.98. The van der Waals surface area contributed by atoms with Crippen LogP contribution in [0.1, 0.15) is 25.7 Å². The minimum atomic E-state index is -0.277. The minimum Gasteiger partial charge on any atom is -0.384 e. The largest absolute Gasteiger partial charge is 0.384 e. The van der Waals surface area contributed by atoms with E-state index in [1.165, 1.54) is 19.4 Å². The summed E-state index contributed by atoms with van der Waals surface area (Å²) < 4.78 is 5.40. The Morgan fingerprint density at radius 3 is 2.64 bits per heavy atom. The number of piperazine rings is 1. The van der Waals surface area contributed by atoms with Gasteiger partial charge in [0.2, 0.25) is 5.91 Å². The zero-order valence-electron chi connectivity index (χ0n) is 13.4. The maximum absolute atomic E-state index is 13.1. The summed E-state index contributed by atoms with van der Waals surface area (Å²) >= 11 is 0. The van der Waals surface area contributed by atoms with Gasteiger partial charge in [0.15, 0.2) is 0 Å². The summed E-state index contributed by atoms with van der Waals surface area (Å²) in [6.45, 7) is 6.53. The molecule has 0 bridgehead atoms. The van der Waals surface area contributed by atoms with E-state index in [0.29, 0.717) is 18.6 Å². The molecule has 0 radical (unpaired) electrons. The molecule has 3 heterocycles. The van der Waals surface area contributed by atoms with Crippen molar-refractivity contribution in [1.29, 1.82) is 0 Å². The Morgan fingerprint density at radius 2 is 1.95 bits per heavy atom. The van der Waals surface area contributed by atoms with Gasteiger partial charge in [0, 0.05) is 32.8 Å². The summed E-state index contributed by atoms with van der Waals surface area (Å²) in [6.07, 6.45) is 4.36. The maximum atomic E-state index is 13.1. The third kappa shape index (κ3) is 3.88. The van der Waals surface area contributed by atoms with Crippen molar-refractivity contribution < 1.29 is 9.53 Å². The van der Waals surface area contributed by atoms with E-state index in [4.69, 9.17) is 4.74 Å². The van der Waals surface area contributed by atoms with Crippen LogP contribution in [-0.4, -0.2) is 74.7 Å².